The Morgan fingerprint density at radius 3 is 2.72 bits per heavy atom. The van der Waals surface area contributed by atoms with Crippen LogP contribution in [0.5, 0.6) is 0 Å². The van der Waals surface area contributed by atoms with Crippen molar-refractivity contribution in [3.05, 3.63) is 36.2 Å². The molecule has 0 amide bonds. The van der Waals surface area contributed by atoms with E-state index in [1.165, 1.54) is 18.4 Å². The zero-order valence-electron chi connectivity index (χ0n) is 10.6. The van der Waals surface area contributed by atoms with E-state index in [2.05, 4.69) is 46.6 Å². The average Bonchev–Trinajstić information content (AvgIpc) is 3.12. The monoisotopic (exact) mass is 242 g/mol. The summed E-state index contributed by atoms with van der Waals surface area (Å²) in [5.74, 6) is 0.944. The van der Waals surface area contributed by atoms with Gasteiger partial charge in [0.25, 0.3) is 0 Å². The van der Waals surface area contributed by atoms with Crippen molar-refractivity contribution in [2.45, 2.75) is 38.9 Å². The number of hydrogen-bond acceptors (Lipinski definition) is 3. The fourth-order valence-corrected chi connectivity index (χ4v) is 2.04. The van der Waals surface area contributed by atoms with E-state index in [1.807, 2.05) is 4.68 Å². The van der Waals surface area contributed by atoms with Crippen LogP contribution in [-0.2, 0) is 13.1 Å². The number of nitrogens with zero attached hydrogens (tertiary/aromatic N) is 3. The summed E-state index contributed by atoms with van der Waals surface area (Å²) in [6.07, 6.45) is 4.27. The summed E-state index contributed by atoms with van der Waals surface area (Å²) in [5.41, 5.74) is 2.46. The van der Waals surface area contributed by atoms with Crippen LogP contribution in [0.1, 0.15) is 25.3 Å². The average molecular weight is 242 g/mol. The smallest absolute Gasteiger partial charge is 0.158 e. The Labute approximate surface area is 107 Å². The topological polar surface area (TPSA) is 42.7 Å². The van der Waals surface area contributed by atoms with E-state index in [0.29, 0.717) is 0 Å². The van der Waals surface area contributed by atoms with Crippen molar-refractivity contribution < 1.29 is 0 Å². The number of nitrogens with one attached hydrogen (secondary N) is 1. The van der Waals surface area contributed by atoms with E-state index in [4.69, 9.17) is 0 Å². The molecule has 1 saturated carbocycles. The van der Waals surface area contributed by atoms with Crippen LogP contribution >= 0.6 is 0 Å². The molecule has 94 valence electrons. The number of benzene rings is 1. The molecule has 0 saturated heterocycles. The van der Waals surface area contributed by atoms with Gasteiger partial charge in [0.15, 0.2) is 5.82 Å². The zero-order valence-corrected chi connectivity index (χ0v) is 10.6. The third-order valence-corrected chi connectivity index (χ3v) is 3.30. The van der Waals surface area contributed by atoms with Crippen molar-refractivity contribution >= 4 is 0 Å². The minimum absolute atomic E-state index is 0.757. The number of aromatic nitrogens is 3. The first-order valence-corrected chi connectivity index (χ1v) is 6.57. The number of aryl methyl sites for hydroxylation is 1. The summed E-state index contributed by atoms with van der Waals surface area (Å²) in [7, 11) is 0. The maximum absolute atomic E-state index is 4.31. The van der Waals surface area contributed by atoms with E-state index in [-0.39, 0.29) is 0 Å². The summed E-state index contributed by atoms with van der Waals surface area (Å²) in [5, 5.41) is 7.71. The molecule has 0 spiro atoms. The van der Waals surface area contributed by atoms with Crippen LogP contribution in [0.3, 0.4) is 0 Å². The van der Waals surface area contributed by atoms with Crippen LogP contribution in [0.4, 0.5) is 0 Å². The lowest BCUT2D eigenvalue weighted by molar-refractivity contribution is 0.665. The minimum Gasteiger partial charge on any atom is -0.310 e. The highest BCUT2D eigenvalue weighted by atomic mass is 15.3. The Bertz CT molecular complexity index is 511. The Hall–Kier alpha value is -1.68. The fraction of sp³-hybridized carbons (Fsp3) is 0.429. The van der Waals surface area contributed by atoms with Gasteiger partial charge in [-0.3, -0.25) is 0 Å². The first kappa shape index (κ1) is 11.4. The third kappa shape index (κ3) is 2.43. The Morgan fingerprint density at radius 1 is 1.28 bits per heavy atom. The molecule has 4 nitrogen and oxygen atoms in total. The largest absolute Gasteiger partial charge is 0.310 e. The summed E-state index contributed by atoms with van der Waals surface area (Å²) in [6.45, 7) is 3.89. The molecule has 1 fully saturated rings. The highest BCUT2D eigenvalue weighted by Crippen LogP contribution is 2.20. The fourth-order valence-electron chi connectivity index (χ4n) is 2.04. The molecule has 0 unspecified atom stereocenters. The summed E-state index contributed by atoms with van der Waals surface area (Å²) >= 11 is 0. The second-order valence-corrected chi connectivity index (χ2v) is 4.75. The summed E-state index contributed by atoms with van der Waals surface area (Å²) in [6, 6.07) is 9.34. The SMILES string of the molecule is CCn1ncnc1-c1ccc(CNC2CC2)cc1. The van der Waals surface area contributed by atoms with Gasteiger partial charge < -0.3 is 5.32 Å². The van der Waals surface area contributed by atoms with Gasteiger partial charge in [-0.1, -0.05) is 24.3 Å². The van der Waals surface area contributed by atoms with Crippen LogP contribution in [0.15, 0.2) is 30.6 Å². The van der Waals surface area contributed by atoms with Crippen molar-refractivity contribution in [3.8, 4) is 11.4 Å². The van der Waals surface area contributed by atoms with Gasteiger partial charge in [-0.15, -0.1) is 0 Å². The van der Waals surface area contributed by atoms with Crippen molar-refractivity contribution in [2.24, 2.45) is 0 Å². The zero-order chi connectivity index (χ0) is 12.4. The molecule has 1 N–H and O–H groups in total. The Morgan fingerprint density at radius 2 is 2.06 bits per heavy atom. The summed E-state index contributed by atoms with van der Waals surface area (Å²) < 4.78 is 1.91. The molecular formula is C14H18N4. The van der Waals surface area contributed by atoms with Gasteiger partial charge in [0.2, 0.25) is 0 Å². The number of hydrogen-bond donors (Lipinski definition) is 1. The second-order valence-electron chi connectivity index (χ2n) is 4.75. The van der Waals surface area contributed by atoms with E-state index >= 15 is 0 Å². The molecule has 2 aromatic rings. The van der Waals surface area contributed by atoms with Crippen LogP contribution in [0.25, 0.3) is 11.4 Å². The quantitative estimate of drug-likeness (QED) is 0.874. The van der Waals surface area contributed by atoms with Gasteiger partial charge in [0.1, 0.15) is 6.33 Å². The van der Waals surface area contributed by atoms with Gasteiger partial charge in [-0.05, 0) is 25.3 Å². The van der Waals surface area contributed by atoms with Crippen molar-refractivity contribution in [2.75, 3.05) is 0 Å². The van der Waals surface area contributed by atoms with Crippen LogP contribution in [0, 0.1) is 0 Å². The van der Waals surface area contributed by atoms with E-state index < -0.39 is 0 Å². The molecule has 18 heavy (non-hydrogen) atoms. The van der Waals surface area contributed by atoms with Crippen molar-refractivity contribution in [3.63, 3.8) is 0 Å². The predicted octanol–water partition coefficient (Wildman–Crippen LogP) is 2.22. The van der Waals surface area contributed by atoms with Gasteiger partial charge in [0.05, 0.1) is 0 Å². The summed E-state index contributed by atoms with van der Waals surface area (Å²) in [4.78, 5) is 4.31. The second kappa shape index (κ2) is 4.90. The molecule has 0 aliphatic heterocycles. The lowest BCUT2D eigenvalue weighted by Crippen LogP contribution is -2.15. The molecule has 1 heterocycles. The molecular weight excluding hydrogens is 224 g/mol. The first-order valence-electron chi connectivity index (χ1n) is 6.57. The standard InChI is InChI=1S/C14H18N4/c1-2-18-14(16-10-17-18)12-5-3-11(4-6-12)9-15-13-7-8-13/h3-6,10,13,15H,2,7-9H2,1H3. The molecule has 1 aliphatic carbocycles. The van der Waals surface area contributed by atoms with Crippen LogP contribution < -0.4 is 5.32 Å². The molecule has 0 bridgehead atoms. The maximum Gasteiger partial charge on any atom is 0.158 e. The Kier molecular flexibility index (Phi) is 3.11. The molecule has 1 aromatic heterocycles. The lowest BCUT2D eigenvalue weighted by atomic mass is 10.1. The highest BCUT2D eigenvalue weighted by molar-refractivity contribution is 5.55. The van der Waals surface area contributed by atoms with E-state index in [9.17, 15) is 0 Å². The Balaban J connectivity index is 1.73. The highest BCUT2D eigenvalue weighted by Gasteiger charge is 2.19. The van der Waals surface area contributed by atoms with Crippen molar-refractivity contribution in [1.82, 2.24) is 20.1 Å². The molecule has 0 radical (unpaired) electrons. The minimum atomic E-state index is 0.757. The first-order chi connectivity index (χ1) is 8.86. The maximum atomic E-state index is 4.31. The van der Waals surface area contributed by atoms with Crippen molar-refractivity contribution in [1.29, 1.82) is 0 Å². The predicted molar refractivity (Wildman–Crippen MR) is 71.0 cm³/mol. The van der Waals surface area contributed by atoms with Gasteiger partial charge >= 0.3 is 0 Å². The molecule has 1 aliphatic rings. The van der Waals surface area contributed by atoms with Gasteiger partial charge in [-0.2, -0.15) is 5.10 Å². The van der Waals surface area contributed by atoms with E-state index in [1.54, 1.807) is 6.33 Å². The van der Waals surface area contributed by atoms with Crippen LogP contribution in [0.2, 0.25) is 0 Å². The molecule has 4 heteroatoms. The van der Waals surface area contributed by atoms with Gasteiger partial charge in [-0.25, -0.2) is 9.67 Å². The molecule has 3 rings (SSSR count). The van der Waals surface area contributed by atoms with Crippen LogP contribution in [-0.4, -0.2) is 20.8 Å². The molecule has 0 atom stereocenters. The number of rotatable bonds is 5. The van der Waals surface area contributed by atoms with E-state index in [0.717, 1.165) is 30.5 Å². The normalized spacial score (nSPS) is 14.9. The van der Waals surface area contributed by atoms with Gasteiger partial charge in [0, 0.05) is 24.7 Å². The third-order valence-electron chi connectivity index (χ3n) is 3.30. The lowest BCUT2D eigenvalue weighted by Gasteiger charge is -2.06. The molecule has 1 aromatic carbocycles.